The Morgan fingerprint density at radius 1 is 1.23 bits per heavy atom. The van der Waals surface area contributed by atoms with Crippen molar-refractivity contribution < 1.29 is 0 Å². The van der Waals surface area contributed by atoms with Crippen molar-refractivity contribution in [3.8, 4) is 0 Å². The molecule has 13 heavy (non-hydrogen) atoms. The molecule has 0 amide bonds. The first kappa shape index (κ1) is 10.3. The van der Waals surface area contributed by atoms with Gasteiger partial charge >= 0.3 is 0 Å². The van der Waals surface area contributed by atoms with Gasteiger partial charge in [-0.3, -0.25) is 0 Å². The predicted octanol–water partition coefficient (Wildman–Crippen LogP) is 1.40. The lowest BCUT2D eigenvalue weighted by Gasteiger charge is -2.10. The normalized spacial score (nSPS) is 16.8. The quantitative estimate of drug-likeness (QED) is 0.603. The molecule has 0 saturated heterocycles. The van der Waals surface area contributed by atoms with Gasteiger partial charge in [0, 0.05) is 38.4 Å². The number of hydrogen-bond donors (Lipinski definition) is 0. The van der Waals surface area contributed by atoms with E-state index in [-0.39, 0.29) is 0 Å². The van der Waals surface area contributed by atoms with Crippen LogP contribution < -0.4 is 0 Å². The molecule has 0 spiro atoms. The molecule has 1 aromatic heterocycles. The van der Waals surface area contributed by atoms with Crippen molar-refractivity contribution in [3.05, 3.63) is 18.2 Å². The lowest BCUT2D eigenvalue weighted by molar-refractivity contribution is 0.341. The summed E-state index contributed by atoms with van der Waals surface area (Å²) in [7, 11) is 2.16. The van der Waals surface area contributed by atoms with Gasteiger partial charge in [0.1, 0.15) is 5.82 Å². The molecule has 2 heterocycles. The van der Waals surface area contributed by atoms with Gasteiger partial charge in [-0.1, -0.05) is 13.8 Å². The van der Waals surface area contributed by atoms with Gasteiger partial charge in [0.25, 0.3) is 0 Å². The summed E-state index contributed by atoms with van der Waals surface area (Å²) in [6, 6.07) is 0. The molecule has 1 aliphatic rings. The maximum atomic E-state index is 4.29. The minimum absolute atomic E-state index is 1.09. The van der Waals surface area contributed by atoms with E-state index in [4.69, 9.17) is 0 Å². The third-order valence-corrected chi connectivity index (χ3v) is 2.24. The molecule has 0 N–H and O–H groups in total. The highest BCUT2D eigenvalue weighted by molar-refractivity contribution is 4.94. The van der Waals surface area contributed by atoms with Crippen molar-refractivity contribution in [3.63, 3.8) is 0 Å². The van der Waals surface area contributed by atoms with Gasteiger partial charge in [0.2, 0.25) is 0 Å². The van der Waals surface area contributed by atoms with Crippen LogP contribution in [0.5, 0.6) is 0 Å². The van der Waals surface area contributed by atoms with E-state index in [1.165, 1.54) is 5.82 Å². The molecule has 0 aliphatic carbocycles. The predicted molar refractivity (Wildman–Crippen MR) is 54.8 cm³/mol. The van der Waals surface area contributed by atoms with E-state index in [0.717, 1.165) is 26.1 Å². The highest BCUT2D eigenvalue weighted by atomic mass is 15.2. The fourth-order valence-corrected chi connectivity index (χ4v) is 1.45. The number of fused-ring (bicyclic) bond motifs is 1. The van der Waals surface area contributed by atoms with E-state index in [0.29, 0.717) is 0 Å². The first-order chi connectivity index (χ1) is 6.36. The zero-order chi connectivity index (χ0) is 9.68. The maximum absolute atomic E-state index is 4.29. The maximum Gasteiger partial charge on any atom is 0.109 e. The second-order valence-electron chi connectivity index (χ2n) is 3.09. The van der Waals surface area contributed by atoms with E-state index in [1.807, 2.05) is 20.0 Å². The summed E-state index contributed by atoms with van der Waals surface area (Å²) < 4.78 is 2.24. The average molecular weight is 181 g/mol. The molecule has 0 fully saturated rings. The summed E-state index contributed by atoms with van der Waals surface area (Å²) >= 11 is 0. The molecular formula is C10H19N3. The number of aromatic nitrogens is 2. The third kappa shape index (κ3) is 2.56. The lowest BCUT2D eigenvalue weighted by atomic mass is 10.4. The van der Waals surface area contributed by atoms with Gasteiger partial charge in [0.05, 0.1) is 0 Å². The number of hydrogen-bond acceptors (Lipinski definition) is 2. The Labute approximate surface area is 80.4 Å². The first-order valence-corrected chi connectivity index (χ1v) is 5.05. The van der Waals surface area contributed by atoms with Crippen molar-refractivity contribution in [2.24, 2.45) is 0 Å². The van der Waals surface area contributed by atoms with E-state index >= 15 is 0 Å². The number of imidazole rings is 1. The summed E-state index contributed by atoms with van der Waals surface area (Å²) in [5.41, 5.74) is 0. The van der Waals surface area contributed by atoms with Crippen molar-refractivity contribution in [1.82, 2.24) is 14.5 Å². The summed E-state index contributed by atoms with van der Waals surface area (Å²) in [4.78, 5) is 6.63. The SMILES string of the molecule is CC.CN1CCc2nccn2CC1. The highest BCUT2D eigenvalue weighted by Gasteiger charge is 2.09. The lowest BCUT2D eigenvalue weighted by Crippen LogP contribution is -2.21. The third-order valence-electron chi connectivity index (χ3n) is 2.24. The van der Waals surface area contributed by atoms with Crippen LogP contribution in [0.2, 0.25) is 0 Å². The molecule has 0 saturated carbocycles. The van der Waals surface area contributed by atoms with Gasteiger partial charge < -0.3 is 9.47 Å². The summed E-state index contributed by atoms with van der Waals surface area (Å²) in [6.45, 7) is 7.37. The standard InChI is InChI=1S/C8H13N3.C2H6/c1-10-4-2-8-9-3-5-11(8)7-6-10;1-2/h3,5H,2,4,6-7H2,1H3;1-2H3. The van der Waals surface area contributed by atoms with Crippen molar-refractivity contribution in [1.29, 1.82) is 0 Å². The highest BCUT2D eigenvalue weighted by Crippen LogP contribution is 2.04. The van der Waals surface area contributed by atoms with Crippen LogP contribution in [-0.2, 0) is 13.0 Å². The second kappa shape index (κ2) is 5.02. The van der Waals surface area contributed by atoms with Gasteiger partial charge in [0.15, 0.2) is 0 Å². The summed E-state index contributed by atoms with van der Waals surface area (Å²) in [5.74, 6) is 1.23. The smallest absolute Gasteiger partial charge is 0.109 e. The van der Waals surface area contributed by atoms with Gasteiger partial charge in [-0.2, -0.15) is 0 Å². The van der Waals surface area contributed by atoms with E-state index < -0.39 is 0 Å². The van der Waals surface area contributed by atoms with E-state index in [1.54, 1.807) is 0 Å². The first-order valence-electron chi connectivity index (χ1n) is 5.05. The van der Waals surface area contributed by atoms with E-state index in [2.05, 4.69) is 27.7 Å². The van der Waals surface area contributed by atoms with Crippen molar-refractivity contribution >= 4 is 0 Å². The molecule has 2 rings (SSSR count). The summed E-state index contributed by atoms with van der Waals surface area (Å²) in [6.07, 6.45) is 5.04. The van der Waals surface area contributed by atoms with E-state index in [9.17, 15) is 0 Å². The van der Waals surface area contributed by atoms with Crippen LogP contribution in [0, 0.1) is 0 Å². The number of rotatable bonds is 0. The van der Waals surface area contributed by atoms with Crippen molar-refractivity contribution in [2.45, 2.75) is 26.8 Å². The average Bonchev–Trinajstić information content (AvgIpc) is 2.56. The molecule has 0 aromatic carbocycles. The van der Waals surface area contributed by atoms with Crippen LogP contribution in [-0.4, -0.2) is 34.6 Å². The van der Waals surface area contributed by atoms with Crippen LogP contribution in [0.4, 0.5) is 0 Å². The molecule has 1 aliphatic heterocycles. The molecule has 3 heteroatoms. The van der Waals surface area contributed by atoms with Gasteiger partial charge in [-0.05, 0) is 7.05 Å². The molecule has 0 radical (unpaired) electrons. The molecular weight excluding hydrogens is 162 g/mol. The Morgan fingerprint density at radius 3 is 2.77 bits per heavy atom. The fourth-order valence-electron chi connectivity index (χ4n) is 1.45. The Hall–Kier alpha value is -0.830. The topological polar surface area (TPSA) is 21.1 Å². The molecule has 0 unspecified atom stereocenters. The van der Waals surface area contributed by atoms with Gasteiger partial charge in [-0.15, -0.1) is 0 Å². The van der Waals surface area contributed by atoms with Crippen LogP contribution >= 0.6 is 0 Å². The molecule has 74 valence electrons. The minimum Gasteiger partial charge on any atom is -0.334 e. The number of nitrogens with zero attached hydrogens (tertiary/aromatic N) is 3. The Morgan fingerprint density at radius 2 is 2.00 bits per heavy atom. The largest absolute Gasteiger partial charge is 0.334 e. The number of likely N-dealkylation sites (N-methyl/N-ethyl adjacent to an activating group) is 1. The monoisotopic (exact) mass is 181 g/mol. The van der Waals surface area contributed by atoms with Gasteiger partial charge in [-0.25, -0.2) is 4.98 Å². The minimum atomic E-state index is 1.09. The van der Waals surface area contributed by atoms with Crippen LogP contribution in [0.15, 0.2) is 12.4 Å². The molecule has 0 atom stereocenters. The van der Waals surface area contributed by atoms with Crippen molar-refractivity contribution in [2.75, 3.05) is 20.1 Å². The Balaban J connectivity index is 0.000000396. The molecule has 1 aromatic rings. The zero-order valence-electron chi connectivity index (χ0n) is 8.82. The zero-order valence-corrected chi connectivity index (χ0v) is 8.82. The Bertz CT molecular complexity index is 220. The Kier molecular flexibility index (Phi) is 3.96. The van der Waals surface area contributed by atoms with Crippen LogP contribution in [0.3, 0.4) is 0 Å². The molecule has 3 nitrogen and oxygen atoms in total. The summed E-state index contributed by atoms with van der Waals surface area (Å²) in [5, 5.41) is 0. The van der Waals surface area contributed by atoms with Crippen LogP contribution in [0.25, 0.3) is 0 Å². The fraction of sp³-hybridized carbons (Fsp3) is 0.700. The van der Waals surface area contributed by atoms with Crippen LogP contribution in [0.1, 0.15) is 19.7 Å². The molecule has 0 bridgehead atoms. The second-order valence-corrected chi connectivity index (χ2v) is 3.09.